The number of nitrogen functional groups attached to an aromatic ring is 1. The number of hydrogen-bond acceptors (Lipinski definition) is 16. The first-order chi connectivity index (χ1) is 23.9. The molecule has 0 spiro atoms. The van der Waals surface area contributed by atoms with E-state index < -0.39 is 77.8 Å². The van der Waals surface area contributed by atoms with Gasteiger partial charge in [0.1, 0.15) is 58.8 Å². The number of carboxylic acids is 1. The zero-order chi connectivity index (χ0) is 35.7. The number of phenolic OH excluding ortho intramolecular Hbond substituents is 1. The van der Waals surface area contributed by atoms with Crippen LogP contribution in [0.2, 0.25) is 0 Å². The Labute approximate surface area is 282 Å². The molecule has 2 saturated heterocycles. The number of benzene rings is 2. The van der Waals surface area contributed by atoms with Gasteiger partial charge in [0.25, 0.3) is 0 Å². The predicted molar refractivity (Wildman–Crippen MR) is 171 cm³/mol. The maximum Gasteiger partial charge on any atom is 0.336 e. The van der Waals surface area contributed by atoms with Crippen LogP contribution in [0.5, 0.6) is 23.0 Å². The van der Waals surface area contributed by atoms with Gasteiger partial charge in [0, 0.05) is 42.6 Å². The lowest BCUT2D eigenvalue weighted by molar-refractivity contribution is -0.307. The molecule has 4 aromatic rings. The maximum absolute atomic E-state index is 13.2. The third-order valence-corrected chi connectivity index (χ3v) is 8.54. The van der Waals surface area contributed by atoms with E-state index in [4.69, 9.17) is 29.1 Å². The largest absolute Gasteiger partial charge is 0.504 e. The summed E-state index contributed by atoms with van der Waals surface area (Å²) in [6.07, 6.45) is -9.39. The van der Waals surface area contributed by atoms with Crippen LogP contribution in [0.1, 0.15) is 18.2 Å². The summed E-state index contributed by atoms with van der Waals surface area (Å²) >= 11 is 0. The van der Waals surface area contributed by atoms with Crippen LogP contribution in [0.15, 0.2) is 57.7 Å². The van der Waals surface area contributed by atoms with Gasteiger partial charge in [-0.25, -0.2) is 4.79 Å². The van der Waals surface area contributed by atoms with E-state index in [2.05, 4.69) is 15.6 Å². The zero-order valence-corrected chi connectivity index (χ0v) is 26.2. The van der Waals surface area contributed by atoms with Gasteiger partial charge in [-0.1, -0.05) is 0 Å². The molecule has 0 amide bonds. The minimum Gasteiger partial charge on any atom is -0.504 e. The minimum absolute atomic E-state index is 0.0486. The van der Waals surface area contributed by atoms with Crippen molar-refractivity contribution in [3.8, 4) is 34.3 Å². The number of rotatable bonds is 12. The normalized spacial score (nSPS) is 25.7. The number of hydrogen-bond donors (Lipinski definition) is 11. The molecular weight excluding hydrogens is 664 g/mol. The molecule has 4 heterocycles. The van der Waals surface area contributed by atoms with Crippen LogP contribution in [-0.2, 0) is 9.53 Å². The van der Waals surface area contributed by atoms with Crippen LogP contribution >= 0.6 is 0 Å². The molecule has 2 aromatic heterocycles. The number of nitrogens with one attached hydrogen (secondary N) is 3. The highest BCUT2D eigenvalue weighted by Crippen LogP contribution is 2.44. The van der Waals surface area contributed by atoms with E-state index >= 15 is 0 Å². The van der Waals surface area contributed by atoms with E-state index in [-0.39, 0.29) is 29.8 Å². The monoisotopic (exact) mass is 700 g/mol. The minimum atomic E-state index is -2.44. The van der Waals surface area contributed by atoms with E-state index in [1.54, 1.807) is 36.4 Å². The Morgan fingerprint density at radius 3 is 2.52 bits per heavy atom. The lowest BCUT2D eigenvalue weighted by atomic mass is 9.79. The summed E-state index contributed by atoms with van der Waals surface area (Å²) in [4.78, 5) is 28.2. The molecule has 7 atom stereocenters. The van der Waals surface area contributed by atoms with Gasteiger partial charge in [-0.3, -0.25) is 4.79 Å². The summed E-state index contributed by atoms with van der Waals surface area (Å²) in [5.74, 6) is -2.67. The first kappa shape index (κ1) is 34.9. The summed E-state index contributed by atoms with van der Waals surface area (Å²) in [5, 5.41) is 79.6. The highest BCUT2D eigenvalue weighted by atomic mass is 16.7. The Morgan fingerprint density at radius 2 is 1.88 bits per heavy atom. The third-order valence-electron chi connectivity index (χ3n) is 8.54. The summed E-state index contributed by atoms with van der Waals surface area (Å²) < 4.78 is 27.9. The number of carboxylic acid groups (broad SMARTS) is 1. The number of H-pyrrole nitrogens is 1. The summed E-state index contributed by atoms with van der Waals surface area (Å²) in [7, 11) is 0. The van der Waals surface area contributed by atoms with Crippen molar-refractivity contribution in [2.75, 3.05) is 32.3 Å². The summed E-state index contributed by atoms with van der Waals surface area (Å²) in [6.45, 7) is -0.338. The highest BCUT2D eigenvalue weighted by Gasteiger charge is 2.59. The van der Waals surface area contributed by atoms with Gasteiger partial charge < -0.3 is 80.5 Å². The molecule has 18 nitrogen and oxygen atoms in total. The van der Waals surface area contributed by atoms with E-state index in [0.29, 0.717) is 36.0 Å². The topological polar surface area (TPSA) is 292 Å². The molecule has 2 fully saturated rings. The molecule has 0 aliphatic carbocycles. The van der Waals surface area contributed by atoms with Crippen molar-refractivity contribution in [3.05, 3.63) is 64.4 Å². The van der Waals surface area contributed by atoms with E-state index in [0.717, 1.165) is 12.1 Å². The van der Waals surface area contributed by atoms with Crippen molar-refractivity contribution < 1.29 is 63.9 Å². The number of carbonyl (C=O) groups is 1. The first-order valence-electron chi connectivity index (χ1n) is 15.4. The average molecular weight is 701 g/mol. The van der Waals surface area contributed by atoms with Crippen molar-refractivity contribution >= 4 is 22.8 Å². The number of ether oxygens (including phenoxy) is 4. The SMILES string of the molecule is Nc1ccc([C@@H](O)COc2ccc(-c3cc(=O)c4c(O)c(OCO)c(O[C@@H]5O[C@H](C(=O)O)[C@](O)(C[C@H]6CNCN6)[C@@H](O)[C@H]5O)cc4o3)cc2)[nH]1. The van der Waals surface area contributed by atoms with Gasteiger partial charge in [-0.15, -0.1) is 0 Å². The predicted octanol–water partition coefficient (Wildman–Crippen LogP) is -0.933. The van der Waals surface area contributed by atoms with E-state index in [1.807, 2.05) is 0 Å². The quantitative estimate of drug-likeness (QED) is 0.0796. The zero-order valence-electron chi connectivity index (χ0n) is 26.2. The fourth-order valence-corrected chi connectivity index (χ4v) is 6.03. The van der Waals surface area contributed by atoms with Crippen molar-refractivity contribution in [1.82, 2.24) is 15.6 Å². The number of aromatic amines is 1. The molecule has 50 heavy (non-hydrogen) atoms. The second-order valence-electron chi connectivity index (χ2n) is 11.9. The van der Waals surface area contributed by atoms with Crippen LogP contribution in [-0.4, -0.2) is 110 Å². The van der Waals surface area contributed by atoms with Crippen molar-refractivity contribution in [3.63, 3.8) is 0 Å². The van der Waals surface area contributed by atoms with Gasteiger partial charge in [0.05, 0.1) is 0 Å². The van der Waals surface area contributed by atoms with E-state index in [1.165, 1.54) is 0 Å². The fourth-order valence-electron chi connectivity index (χ4n) is 6.03. The Hall–Kier alpha value is -4.92. The van der Waals surface area contributed by atoms with E-state index in [9.17, 15) is 45.3 Å². The summed E-state index contributed by atoms with van der Waals surface area (Å²) in [6, 6.07) is 11.3. The number of aliphatic carboxylic acids is 1. The molecule has 0 unspecified atom stereocenters. The van der Waals surface area contributed by atoms with Crippen molar-refractivity contribution in [1.29, 1.82) is 0 Å². The molecule has 12 N–H and O–H groups in total. The van der Waals surface area contributed by atoms with Gasteiger partial charge in [0.2, 0.25) is 12.0 Å². The number of aliphatic hydroxyl groups excluding tert-OH is 4. The second-order valence-corrected chi connectivity index (χ2v) is 11.9. The third kappa shape index (κ3) is 6.78. The number of nitrogens with two attached hydrogens (primary N) is 1. The number of aromatic nitrogens is 1. The van der Waals surface area contributed by atoms with Crippen LogP contribution in [0.4, 0.5) is 5.82 Å². The van der Waals surface area contributed by atoms with Gasteiger partial charge in [-0.2, -0.15) is 0 Å². The van der Waals surface area contributed by atoms with Gasteiger partial charge in [-0.05, 0) is 42.8 Å². The van der Waals surface area contributed by atoms with Crippen LogP contribution in [0.3, 0.4) is 0 Å². The molecular formula is C32H36N4O14. The molecule has 6 rings (SSSR count). The fraction of sp³-hybridized carbons (Fsp3) is 0.375. The number of aliphatic hydroxyl groups is 5. The van der Waals surface area contributed by atoms with Crippen LogP contribution in [0, 0.1) is 0 Å². The average Bonchev–Trinajstić information content (AvgIpc) is 3.77. The van der Waals surface area contributed by atoms with Crippen molar-refractivity contribution in [2.45, 2.75) is 48.8 Å². The Balaban J connectivity index is 1.27. The second kappa shape index (κ2) is 14.1. The summed E-state index contributed by atoms with van der Waals surface area (Å²) in [5.41, 5.74) is 3.15. The molecule has 2 aliphatic heterocycles. The number of phenols is 1. The molecule has 18 heteroatoms. The molecule has 2 aromatic carbocycles. The van der Waals surface area contributed by atoms with Crippen LogP contribution < -0.4 is 36.0 Å². The maximum atomic E-state index is 13.2. The molecule has 0 saturated carbocycles. The van der Waals surface area contributed by atoms with Gasteiger partial charge in [0.15, 0.2) is 29.8 Å². The number of anilines is 1. The molecule has 0 radical (unpaired) electrons. The smallest absolute Gasteiger partial charge is 0.336 e. The van der Waals surface area contributed by atoms with Crippen molar-refractivity contribution in [2.24, 2.45) is 0 Å². The Kier molecular flexibility index (Phi) is 9.87. The van der Waals surface area contributed by atoms with Gasteiger partial charge >= 0.3 is 5.97 Å². The molecule has 268 valence electrons. The number of aromatic hydroxyl groups is 1. The first-order valence-corrected chi connectivity index (χ1v) is 15.4. The Morgan fingerprint density at radius 1 is 1.12 bits per heavy atom. The Bertz CT molecular complexity index is 1890. The lowest BCUT2D eigenvalue weighted by Crippen LogP contribution is -2.70. The molecule has 0 bridgehead atoms. The van der Waals surface area contributed by atoms with Crippen LogP contribution in [0.25, 0.3) is 22.3 Å². The highest BCUT2D eigenvalue weighted by molar-refractivity contribution is 5.89. The standard InChI is InChI=1S/C32H36N4O14/c33-23-6-5-17(36-23)19(39)11-46-16-3-1-14(2-4-16)20-7-18(38)24-21(48-20)8-22(27(25(24)40)47-13-37)49-31-26(41)28(42)32(45,29(50-31)30(43)44)9-15-10-34-12-35-15/h1-8,15,19,26,28-29,31,34-37,39-42,45H,9-13,33H2,(H,43,44)/t15-,19-,26+,28-,29+,31+,32-/m0/s1. The lowest BCUT2D eigenvalue weighted by Gasteiger charge is -2.47. The number of fused-ring (bicyclic) bond motifs is 1. The molecule has 2 aliphatic rings.